The van der Waals surface area contributed by atoms with Gasteiger partial charge in [0.2, 0.25) is 11.8 Å². The predicted molar refractivity (Wildman–Crippen MR) is 109 cm³/mol. The highest BCUT2D eigenvalue weighted by atomic mass is 16.5. The van der Waals surface area contributed by atoms with Gasteiger partial charge in [0, 0.05) is 17.3 Å². The van der Waals surface area contributed by atoms with Gasteiger partial charge in [-0.15, -0.1) is 0 Å². The molecule has 0 saturated carbocycles. The Kier molecular flexibility index (Phi) is 8.52. The van der Waals surface area contributed by atoms with Crippen molar-refractivity contribution in [2.45, 2.75) is 26.2 Å². The zero-order valence-electron chi connectivity index (χ0n) is 16.1. The lowest BCUT2D eigenvalue weighted by Crippen LogP contribution is -2.24. The van der Waals surface area contributed by atoms with Crippen molar-refractivity contribution in [3.63, 3.8) is 0 Å². The number of carbonyl (C=O) groups is 2. The van der Waals surface area contributed by atoms with Crippen LogP contribution in [0.1, 0.15) is 31.7 Å². The van der Waals surface area contributed by atoms with Crippen LogP contribution >= 0.6 is 0 Å². The summed E-state index contributed by atoms with van der Waals surface area (Å²) in [6.07, 6.45) is 3.16. The number of rotatable bonds is 10. The van der Waals surface area contributed by atoms with E-state index in [0.717, 1.165) is 18.4 Å². The first-order chi connectivity index (χ1) is 13.6. The molecule has 0 radical (unpaired) electrons. The molecule has 0 fully saturated rings. The van der Waals surface area contributed by atoms with E-state index in [9.17, 15) is 9.59 Å². The molecule has 148 valence electrons. The van der Waals surface area contributed by atoms with Gasteiger partial charge < -0.3 is 14.8 Å². The Balaban J connectivity index is 1.84. The minimum absolute atomic E-state index is 0.344. The van der Waals surface area contributed by atoms with Gasteiger partial charge in [-0.05, 0) is 30.7 Å². The number of hydrogen-bond acceptors (Lipinski definition) is 5. The smallest absolute Gasteiger partial charge is 0.249 e. The molecule has 28 heavy (non-hydrogen) atoms. The summed E-state index contributed by atoms with van der Waals surface area (Å²) in [6.45, 7) is 2.72. The number of nitrogens with zero attached hydrogens (tertiary/aromatic N) is 1. The fourth-order valence-electron chi connectivity index (χ4n) is 2.31. The molecule has 2 rings (SSSR count). The number of ether oxygens (including phenoxy) is 2. The zero-order chi connectivity index (χ0) is 20.2. The quantitative estimate of drug-likeness (QED) is 0.285. The molecule has 2 amide bonds. The second-order valence-corrected chi connectivity index (χ2v) is 5.99. The van der Waals surface area contributed by atoms with Crippen LogP contribution in [-0.2, 0) is 9.59 Å². The Labute approximate surface area is 164 Å². The molecule has 0 heterocycles. The van der Waals surface area contributed by atoms with Crippen molar-refractivity contribution in [3.05, 3.63) is 54.1 Å². The van der Waals surface area contributed by atoms with Crippen molar-refractivity contribution in [2.24, 2.45) is 5.10 Å². The number of anilines is 1. The lowest BCUT2D eigenvalue weighted by atomic mass is 10.2. The third-order valence-electron chi connectivity index (χ3n) is 3.74. The van der Waals surface area contributed by atoms with Gasteiger partial charge in [0.1, 0.15) is 17.9 Å². The van der Waals surface area contributed by atoms with Crippen LogP contribution in [0.5, 0.6) is 11.5 Å². The van der Waals surface area contributed by atoms with Gasteiger partial charge in [-0.3, -0.25) is 9.59 Å². The number of amides is 2. The van der Waals surface area contributed by atoms with Gasteiger partial charge in [0.15, 0.2) is 0 Å². The average Bonchev–Trinajstić information content (AvgIpc) is 2.69. The lowest BCUT2D eigenvalue weighted by molar-refractivity contribution is -0.126. The summed E-state index contributed by atoms with van der Waals surface area (Å²) in [4.78, 5) is 23.9. The fraction of sp³-hybridized carbons (Fsp3) is 0.286. The van der Waals surface area contributed by atoms with Crippen LogP contribution in [0.3, 0.4) is 0 Å². The molecular formula is C21H25N3O4. The Hall–Kier alpha value is -3.35. The molecule has 0 spiro atoms. The van der Waals surface area contributed by atoms with Gasteiger partial charge in [-0.2, -0.15) is 5.10 Å². The molecule has 2 aromatic carbocycles. The number of unbranched alkanes of at least 4 members (excludes halogenated alkanes) is 1. The van der Waals surface area contributed by atoms with Gasteiger partial charge in [0.05, 0.1) is 19.9 Å². The van der Waals surface area contributed by atoms with Crippen molar-refractivity contribution < 1.29 is 19.1 Å². The highest BCUT2D eigenvalue weighted by molar-refractivity contribution is 6.03. The number of nitrogens with one attached hydrogen (secondary N) is 2. The van der Waals surface area contributed by atoms with E-state index in [2.05, 4.69) is 22.8 Å². The first-order valence-electron chi connectivity index (χ1n) is 9.10. The molecule has 0 aliphatic carbocycles. The number of methoxy groups -OCH3 is 1. The normalized spacial score (nSPS) is 10.5. The molecule has 7 heteroatoms. The Morgan fingerprint density at radius 3 is 2.71 bits per heavy atom. The number of benzene rings is 2. The van der Waals surface area contributed by atoms with Crippen LogP contribution in [0.25, 0.3) is 0 Å². The summed E-state index contributed by atoms with van der Waals surface area (Å²) in [7, 11) is 1.54. The van der Waals surface area contributed by atoms with E-state index < -0.39 is 11.8 Å². The van der Waals surface area contributed by atoms with E-state index >= 15 is 0 Å². The molecule has 7 nitrogen and oxygen atoms in total. The minimum Gasteiger partial charge on any atom is -0.497 e. The third-order valence-corrected chi connectivity index (χ3v) is 3.74. The molecule has 2 aromatic rings. The summed E-state index contributed by atoms with van der Waals surface area (Å²) in [5.41, 5.74) is 3.66. The summed E-state index contributed by atoms with van der Waals surface area (Å²) >= 11 is 0. The molecule has 0 atom stereocenters. The van der Waals surface area contributed by atoms with Crippen molar-refractivity contribution >= 4 is 23.7 Å². The van der Waals surface area contributed by atoms with Gasteiger partial charge in [-0.1, -0.05) is 31.5 Å². The second kappa shape index (κ2) is 11.4. The molecule has 0 aliphatic heterocycles. The summed E-state index contributed by atoms with van der Waals surface area (Å²) in [5.74, 6) is 0.363. The average molecular weight is 383 g/mol. The largest absolute Gasteiger partial charge is 0.497 e. The first kappa shape index (κ1) is 21.0. The van der Waals surface area contributed by atoms with Gasteiger partial charge >= 0.3 is 0 Å². The maximum Gasteiger partial charge on any atom is 0.249 e. The van der Waals surface area contributed by atoms with Crippen LogP contribution in [0.2, 0.25) is 0 Å². The van der Waals surface area contributed by atoms with Gasteiger partial charge in [0.25, 0.3) is 0 Å². The number of hydrogen-bond donors (Lipinski definition) is 2. The van der Waals surface area contributed by atoms with E-state index in [1.807, 2.05) is 24.3 Å². The van der Waals surface area contributed by atoms with Crippen molar-refractivity contribution in [1.29, 1.82) is 0 Å². The molecular weight excluding hydrogens is 358 g/mol. The monoisotopic (exact) mass is 383 g/mol. The highest BCUT2D eigenvalue weighted by Gasteiger charge is 2.09. The fourth-order valence-corrected chi connectivity index (χ4v) is 2.31. The second-order valence-electron chi connectivity index (χ2n) is 5.99. The number of para-hydroxylation sites is 1. The van der Waals surface area contributed by atoms with Gasteiger partial charge in [-0.25, -0.2) is 5.43 Å². The van der Waals surface area contributed by atoms with Crippen molar-refractivity contribution in [3.8, 4) is 11.5 Å². The maximum absolute atomic E-state index is 12.0. The van der Waals surface area contributed by atoms with E-state index in [4.69, 9.17) is 9.47 Å². The highest BCUT2D eigenvalue weighted by Crippen LogP contribution is 2.17. The standard InChI is InChI=1S/C21H25N3O4/c1-3-4-12-28-19-11-6-5-8-16(19)15-22-24-21(26)14-20(25)23-17-9-7-10-18(13-17)27-2/h5-11,13,15H,3-4,12,14H2,1-2H3,(H,23,25)(H,24,26). The van der Waals surface area contributed by atoms with E-state index in [1.54, 1.807) is 31.4 Å². The lowest BCUT2D eigenvalue weighted by Gasteiger charge is -2.08. The van der Waals surface area contributed by atoms with Crippen LogP contribution in [0.15, 0.2) is 53.6 Å². The Morgan fingerprint density at radius 1 is 1.11 bits per heavy atom. The predicted octanol–water partition coefficient (Wildman–Crippen LogP) is 3.35. The van der Waals surface area contributed by atoms with Crippen LogP contribution in [0, 0.1) is 0 Å². The van der Waals surface area contributed by atoms with E-state index in [1.165, 1.54) is 6.21 Å². The maximum atomic E-state index is 12.0. The molecule has 0 bridgehead atoms. The molecule has 0 saturated heterocycles. The van der Waals surface area contributed by atoms with Crippen LogP contribution in [0.4, 0.5) is 5.69 Å². The molecule has 0 unspecified atom stereocenters. The van der Waals surface area contributed by atoms with Crippen LogP contribution < -0.4 is 20.2 Å². The number of hydrazone groups is 1. The summed E-state index contributed by atoms with van der Waals surface area (Å²) < 4.78 is 10.8. The minimum atomic E-state index is -0.513. The Morgan fingerprint density at radius 2 is 1.93 bits per heavy atom. The number of carbonyl (C=O) groups excluding carboxylic acids is 2. The topological polar surface area (TPSA) is 89.0 Å². The summed E-state index contributed by atoms with van der Waals surface area (Å²) in [6, 6.07) is 14.3. The van der Waals surface area contributed by atoms with Crippen molar-refractivity contribution in [1.82, 2.24) is 5.43 Å². The SMILES string of the molecule is CCCCOc1ccccc1C=NNC(=O)CC(=O)Nc1cccc(OC)c1. The molecule has 0 aromatic heterocycles. The van der Waals surface area contributed by atoms with E-state index in [0.29, 0.717) is 23.8 Å². The van der Waals surface area contributed by atoms with Crippen molar-refractivity contribution in [2.75, 3.05) is 19.0 Å². The third kappa shape index (κ3) is 7.11. The summed E-state index contributed by atoms with van der Waals surface area (Å²) in [5, 5.41) is 6.56. The van der Waals surface area contributed by atoms with Crippen LogP contribution in [-0.4, -0.2) is 31.7 Å². The Bertz CT molecular complexity index is 821. The zero-order valence-corrected chi connectivity index (χ0v) is 16.1. The molecule has 2 N–H and O–H groups in total. The first-order valence-corrected chi connectivity index (χ1v) is 9.10. The van der Waals surface area contributed by atoms with E-state index in [-0.39, 0.29) is 6.42 Å². The molecule has 0 aliphatic rings.